The summed E-state index contributed by atoms with van der Waals surface area (Å²) in [5.41, 5.74) is 0.857. The molecule has 0 aliphatic heterocycles. The second-order valence-corrected chi connectivity index (χ2v) is 4.78. The van der Waals surface area contributed by atoms with Gasteiger partial charge < -0.3 is 4.74 Å². The number of carbonyl (C=O) groups is 3. The molecule has 0 saturated carbocycles. The average molecular weight is 258 g/mol. The van der Waals surface area contributed by atoms with Crippen LogP contribution in [-0.4, -0.2) is 17.5 Å². The predicted octanol–water partition coefficient (Wildman–Crippen LogP) is 2.57. The zero-order valence-electron chi connectivity index (χ0n) is 11.0. The van der Waals surface area contributed by atoms with Gasteiger partial charge in [-0.05, 0) is 19.1 Å². The number of esters is 1. The maximum Gasteiger partial charge on any atom is 0.313 e. The Kier molecular flexibility index (Phi) is 3.34. The fourth-order valence-corrected chi connectivity index (χ4v) is 1.83. The summed E-state index contributed by atoms with van der Waals surface area (Å²) in [5.74, 6) is -1.10. The number of benzene rings is 1. The Bertz CT molecular complexity index is 609. The lowest BCUT2D eigenvalue weighted by Gasteiger charge is -2.16. The smallest absolute Gasteiger partial charge is 0.313 e. The van der Waals surface area contributed by atoms with E-state index in [0.717, 1.165) is 0 Å². The summed E-state index contributed by atoms with van der Waals surface area (Å²) < 4.78 is 5.19. The number of rotatable bonds is 2. The summed E-state index contributed by atoms with van der Waals surface area (Å²) >= 11 is 0. The van der Waals surface area contributed by atoms with Gasteiger partial charge in [-0.15, -0.1) is 0 Å². The average Bonchev–Trinajstić information content (AvgIpc) is 2.35. The van der Waals surface area contributed by atoms with Crippen LogP contribution in [0.5, 0.6) is 5.75 Å². The third-order valence-corrected chi connectivity index (χ3v) is 2.90. The molecule has 0 heterocycles. The van der Waals surface area contributed by atoms with Crippen molar-refractivity contribution in [2.24, 2.45) is 5.92 Å². The highest BCUT2D eigenvalue weighted by molar-refractivity contribution is 6.25. The Morgan fingerprint density at radius 2 is 1.89 bits per heavy atom. The standard InChI is InChI=1S/C15H14O4/c1-8(2)15(18)19-12-6-4-5-10-13(12)11(16)7-9(3)14(10)17/h4-8H,1-3H3. The fraction of sp³-hybridized carbons (Fsp3) is 0.267. The van der Waals surface area contributed by atoms with Crippen molar-refractivity contribution in [3.63, 3.8) is 0 Å². The molecule has 1 aliphatic rings. The highest BCUT2D eigenvalue weighted by atomic mass is 16.5. The van der Waals surface area contributed by atoms with E-state index in [1.807, 2.05) is 0 Å². The van der Waals surface area contributed by atoms with Crippen molar-refractivity contribution in [1.29, 1.82) is 0 Å². The maximum absolute atomic E-state index is 12.0. The molecule has 19 heavy (non-hydrogen) atoms. The summed E-state index contributed by atoms with van der Waals surface area (Å²) in [6.07, 6.45) is 1.28. The monoisotopic (exact) mass is 258 g/mol. The van der Waals surface area contributed by atoms with Gasteiger partial charge >= 0.3 is 5.97 Å². The van der Waals surface area contributed by atoms with Crippen molar-refractivity contribution in [3.8, 4) is 5.75 Å². The van der Waals surface area contributed by atoms with E-state index in [4.69, 9.17) is 4.74 Å². The first-order valence-electron chi connectivity index (χ1n) is 6.04. The van der Waals surface area contributed by atoms with E-state index in [1.54, 1.807) is 32.9 Å². The first-order valence-corrected chi connectivity index (χ1v) is 6.04. The summed E-state index contributed by atoms with van der Waals surface area (Å²) in [6.45, 7) is 5.00. The SMILES string of the molecule is CC1=CC(=O)c2c(OC(=O)C(C)C)cccc2C1=O. The summed E-state index contributed by atoms with van der Waals surface area (Å²) in [6, 6.07) is 4.70. The number of ketones is 2. The van der Waals surface area contributed by atoms with E-state index in [1.165, 1.54) is 12.1 Å². The first-order chi connectivity index (χ1) is 8.91. The molecular weight excluding hydrogens is 244 g/mol. The van der Waals surface area contributed by atoms with Gasteiger partial charge in [0.2, 0.25) is 0 Å². The molecule has 0 bridgehead atoms. The molecule has 1 aromatic rings. The van der Waals surface area contributed by atoms with E-state index in [9.17, 15) is 14.4 Å². The number of fused-ring (bicyclic) bond motifs is 1. The van der Waals surface area contributed by atoms with Gasteiger partial charge in [0, 0.05) is 11.1 Å². The summed E-state index contributed by atoms with van der Waals surface area (Å²) in [7, 11) is 0. The second kappa shape index (κ2) is 4.80. The minimum Gasteiger partial charge on any atom is -0.426 e. The number of hydrogen-bond donors (Lipinski definition) is 0. The first kappa shape index (κ1) is 13.2. The van der Waals surface area contributed by atoms with Crippen LogP contribution in [0.2, 0.25) is 0 Å². The molecule has 98 valence electrons. The minimum atomic E-state index is -0.431. The van der Waals surface area contributed by atoms with E-state index in [0.29, 0.717) is 11.1 Å². The van der Waals surface area contributed by atoms with Crippen molar-refractivity contribution < 1.29 is 19.1 Å². The highest BCUT2D eigenvalue weighted by Gasteiger charge is 2.27. The Morgan fingerprint density at radius 3 is 2.53 bits per heavy atom. The molecule has 0 saturated heterocycles. The Hall–Kier alpha value is -2.23. The van der Waals surface area contributed by atoms with Gasteiger partial charge in [0.15, 0.2) is 11.6 Å². The Labute approximate surface area is 111 Å². The lowest BCUT2D eigenvalue weighted by Crippen LogP contribution is -2.20. The van der Waals surface area contributed by atoms with E-state index < -0.39 is 5.97 Å². The molecule has 1 aliphatic carbocycles. The molecule has 0 spiro atoms. The van der Waals surface area contributed by atoms with Crippen molar-refractivity contribution >= 4 is 17.5 Å². The van der Waals surface area contributed by atoms with E-state index >= 15 is 0 Å². The maximum atomic E-state index is 12.0. The van der Waals surface area contributed by atoms with Crippen LogP contribution in [0.25, 0.3) is 0 Å². The Balaban J connectivity index is 2.49. The third-order valence-electron chi connectivity index (χ3n) is 2.90. The molecule has 0 atom stereocenters. The van der Waals surface area contributed by atoms with Crippen LogP contribution in [0.1, 0.15) is 41.5 Å². The highest BCUT2D eigenvalue weighted by Crippen LogP contribution is 2.29. The van der Waals surface area contributed by atoms with Crippen LogP contribution in [0, 0.1) is 5.92 Å². The summed E-state index contributed by atoms with van der Waals surface area (Å²) in [5, 5.41) is 0. The van der Waals surface area contributed by atoms with Crippen molar-refractivity contribution in [1.82, 2.24) is 0 Å². The normalized spacial score (nSPS) is 14.2. The zero-order valence-corrected chi connectivity index (χ0v) is 11.0. The number of Topliss-reactive ketones (excluding diaryl/α,β-unsaturated/α-hetero) is 1. The quantitative estimate of drug-likeness (QED) is 0.604. The minimum absolute atomic E-state index is 0.151. The molecule has 1 aromatic carbocycles. The van der Waals surface area contributed by atoms with Crippen LogP contribution in [0.15, 0.2) is 29.8 Å². The van der Waals surface area contributed by atoms with Crippen LogP contribution in [0.4, 0.5) is 0 Å². The van der Waals surface area contributed by atoms with Crippen molar-refractivity contribution in [2.45, 2.75) is 20.8 Å². The molecule has 0 fully saturated rings. The van der Waals surface area contributed by atoms with E-state index in [2.05, 4.69) is 0 Å². The summed E-state index contributed by atoms with van der Waals surface area (Å²) in [4.78, 5) is 35.6. The van der Waals surface area contributed by atoms with Gasteiger partial charge in [-0.2, -0.15) is 0 Å². The number of allylic oxidation sites excluding steroid dienone is 2. The van der Waals surface area contributed by atoms with Crippen molar-refractivity contribution in [2.75, 3.05) is 0 Å². The molecular formula is C15H14O4. The Morgan fingerprint density at radius 1 is 1.21 bits per heavy atom. The molecule has 0 amide bonds. The molecule has 4 heteroatoms. The molecule has 0 N–H and O–H groups in total. The van der Waals surface area contributed by atoms with Crippen LogP contribution in [-0.2, 0) is 4.79 Å². The van der Waals surface area contributed by atoms with Gasteiger partial charge in [-0.1, -0.05) is 26.0 Å². The largest absolute Gasteiger partial charge is 0.426 e. The molecule has 2 rings (SSSR count). The number of ether oxygens (including phenoxy) is 1. The lowest BCUT2D eigenvalue weighted by molar-refractivity contribution is -0.137. The second-order valence-electron chi connectivity index (χ2n) is 4.78. The van der Waals surface area contributed by atoms with E-state index in [-0.39, 0.29) is 28.8 Å². The van der Waals surface area contributed by atoms with Crippen LogP contribution < -0.4 is 4.74 Å². The van der Waals surface area contributed by atoms with Gasteiger partial charge in [0.1, 0.15) is 5.75 Å². The molecule has 0 aromatic heterocycles. The number of hydrogen-bond acceptors (Lipinski definition) is 4. The lowest BCUT2D eigenvalue weighted by atomic mass is 9.89. The van der Waals surface area contributed by atoms with Gasteiger partial charge in [0.05, 0.1) is 11.5 Å². The zero-order chi connectivity index (χ0) is 14.2. The van der Waals surface area contributed by atoms with Gasteiger partial charge in [-0.3, -0.25) is 14.4 Å². The van der Waals surface area contributed by atoms with Gasteiger partial charge in [-0.25, -0.2) is 0 Å². The topological polar surface area (TPSA) is 60.4 Å². The molecule has 0 radical (unpaired) electrons. The van der Waals surface area contributed by atoms with Crippen LogP contribution >= 0.6 is 0 Å². The third kappa shape index (κ3) is 2.34. The predicted molar refractivity (Wildman–Crippen MR) is 69.3 cm³/mol. The van der Waals surface area contributed by atoms with Gasteiger partial charge in [0.25, 0.3) is 0 Å². The van der Waals surface area contributed by atoms with Crippen molar-refractivity contribution in [3.05, 3.63) is 41.0 Å². The molecule has 4 nitrogen and oxygen atoms in total. The number of carbonyl (C=O) groups excluding carboxylic acids is 3. The molecule has 0 unspecified atom stereocenters. The van der Waals surface area contributed by atoms with Crippen LogP contribution in [0.3, 0.4) is 0 Å². The fourth-order valence-electron chi connectivity index (χ4n) is 1.83.